The number of carbonyl (C=O) groups is 2. The number of carboxylic acids is 1. The number of anilines is 1. The van der Waals surface area contributed by atoms with Crippen molar-refractivity contribution in [2.45, 2.75) is 12.8 Å². The molecule has 6 nitrogen and oxygen atoms in total. The van der Waals surface area contributed by atoms with E-state index >= 15 is 0 Å². The lowest BCUT2D eigenvalue weighted by Crippen LogP contribution is -2.20. The predicted molar refractivity (Wildman–Crippen MR) is 63.7 cm³/mol. The molecule has 0 radical (unpaired) electrons. The Morgan fingerprint density at radius 2 is 2.29 bits per heavy atom. The first-order valence-corrected chi connectivity index (χ1v) is 5.58. The molecule has 0 saturated carbocycles. The number of carboxylic acid groups (broad SMARTS) is 1. The van der Waals surface area contributed by atoms with Crippen molar-refractivity contribution < 1.29 is 14.7 Å². The van der Waals surface area contributed by atoms with Crippen LogP contribution in [0.25, 0.3) is 0 Å². The number of pyridine rings is 1. The van der Waals surface area contributed by atoms with E-state index in [2.05, 4.69) is 26.0 Å². The Balaban J connectivity index is 2.21. The molecular weight excluding hydrogens is 290 g/mol. The Hall–Kier alpha value is -1.76. The Morgan fingerprint density at radius 3 is 2.88 bits per heavy atom. The van der Waals surface area contributed by atoms with Crippen LogP contribution in [-0.4, -0.2) is 27.7 Å². The van der Waals surface area contributed by atoms with Gasteiger partial charge < -0.3 is 5.11 Å². The summed E-state index contributed by atoms with van der Waals surface area (Å²) in [6.07, 6.45) is 1.36. The number of hydrazone groups is 1. The average Bonchev–Trinajstić information content (AvgIpc) is 2.59. The van der Waals surface area contributed by atoms with E-state index in [1.807, 2.05) is 0 Å². The molecule has 2 heterocycles. The summed E-state index contributed by atoms with van der Waals surface area (Å²) in [6.45, 7) is 0. The molecule has 1 N–H and O–H groups in total. The van der Waals surface area contributed by atoms with Crippen LogP contribution in [0.4, 0.5) is 5.82 Å². The van der Waals surface area contributed by atoms with E-state index in [-0.39, 0.29) is 18.7 Å². The highest BCUT2D eigenvalue weighted by Crippen LogP contribution is 2.20. The fraction of sp³-hybridized carbons (Fsp3) is 0.200. The van der Waals surface area contributed by atoms with Crippen LogP contribution < -0.4 is 5.01 Å². The van der Waals surface area contributed by atoms with Crippen molar-refractivity contribution in [2.75, 3.05) is 5.01 Å². The normalized spacial score (nSPS) is 15.0. The second-order valence-electron chi connectivity index (χ2n) is 3.45. The van der Waals surface area contributed by atoms with E-state index in [4.69, 9.17) is 5.11 Å². The lowest BCUT2D eigenvalue weighted by atomic mass is 10.2. The minimum absolute atomic E-state index is 0.0318. The van der Waals surface area contributed by atoms with Crippen LogP contribution in [0.15, 0.2) is 27.9 Å². The molecule has 1 amide bonds. The van der Waals surface area contributed by atoms with Gasteiger partial charge in [0.05, 0.1) is 18.6 Å². The molecule has 0 unspecified atom stereocenters. The van der Waals surface area contributed by atoms with E-state index in [9.17, 15) is 9.59 Å². The van der Waals surface area contributed by atoms with Crippen LogP contribution in [0.1, 0.15) is 12.8 Å². The summed E-state index contributed by atoms with van der Waals surface area (Å²) in [5.74, 6) is -0.878. The first kappa shape index (κ1) is 11.7. The number of nitrogens with zero attached hydrogens (tertiary/aromatic N) is 3. The van der Waals surface area contributed by atoms with E-state index in [1.165, 1.54) is 0 Å². The van der Waals surface area contributed by atoms with Crippen LogP contribution in [0.2, 0.25) is 0 Å². The number of rotatable bonds is 3. The molecule has 0 aromatic carbocycles. The molecular formula is C10H8BrN3O3. The van der Waals surface area contributed by atoms with Crippen molar-refractivity contribution in [2.24, 2.45) is 5.10 Å². The maximum Gasteiger partial charge on any atom is 0.309 e. The molecule has 1 aliphatic heterocycles. The standard InChI is InChI=1S/C10H8BrN3O3/c11-6-1-2-8(12-5-6)14-9(15)3-7(13-14)4-10(16)17/h1-2,5H,3-4H2,(H,16,17). The van der Waals surface area contributed by atoms with E-state index in [1.54, 1.807) is 18.3 Å². The zero-order valence-corrected chi connectivity index (χ0v) is 10.2. The molecule has 0 bridgehead atoms. The van der Waals surface area contributed by atoms with Gasteiger partial charge in [-0.25, -0.2) is 4.98 Å². The third-order valence-electron chi connectivity index (χ3n) is 2.12. The van der Waals surface area contributed by atoms with Gasteiger partial charge in [-0.3, -0.25) is 9.59 Å². The molecule has 1 aromatic rings. The summed E-state index contributed by atoms with van der Waals surface area (Å²) in [7, 11) is 0. The van der Waals surface area contributed by atoms with Crippen LogP contribution in [0.5, 0.6) is 0 Å². The fourth-order valence-corrected chi connectivity index (χ4v) is 1.66. The van der Waals surface area contributed by atoms with Gasteiger partial charge in [-0.15, -0.1) is 0 Å². The fourth-order valence-electron chi connectivity index (χ4n) is 1.43. The highest BCUT2D eigenvalue weighted by molar-refractivity contribution is 9.10. The molecule has 1 aliphatic rings. The van der Waals surface area contributed by atoms with Crippen molar-refractivity contribution in [3.63, 3.8) is 0 Å². The van der Waals surface area contributed by atoms with E-state index in [0.29, 0.717) is 11.5 Å². The summed E-state index contributed by atoms with van der Waals surface area (Å²) < 4.78 is 0.794. The van der Waals surface area contributed by atoms with Crippen LogP contribution >= 0.6 is 15.9 Å². The molecule has 7 heteroatoms. The van der Waals surface area contributed by atoms with Gasteiger partial charge in [-0.2, -0.15) is 10.1 Å². The number of halogens is 1. The monoisotopic (exact) mass is 297 g/mol. The zero-order chi connectivity index (χ0) is 12.4. The summed E-state index contributed by atoms with van der Waals surface area (Å²) in [5.41, 5.74) is 0.340. The van der Waals surface area contributed by atoms with Gasteiger partial charge in [0.25, 0.3) is 5.91 Å². The van der Waals surface area contributed by atoms with Gasteiger partial charge in [0.2, 0.25) is 0 Å². The summed E-state index contributed by atoms with van der Waals surface area (Å²) in [6, 6.07) is 3.37. The minimum Gasteiger partial charge on any atom is -0.481 e. The number of aliphatic carboxylic acids is 1. The highest BCUT2D eigenvalue weighted by Gasteiger charge is 2.27. The van der Waals surface area contributed by atoms with Gasteiger partial charge >= 0.3 is 5.97 Å². The number of aromatic nitrogens is 1. The van der Waals surface area contributed by atoms with Gasteiger partial charge in [-0.1, -0.05) is 0 Å². The summed E-state index contributed by atoms with van der Waals surface area (Å²) in [4.78, 5) is 26.2. The topological polar surface area (TPSA) is 82.9 Å². The smallest absolute Gasteiger partial charge is 0.309 e. The van der Waals surface area contributed by atoms with Crippen molar-refractivity contribution in [1.29, 1.82) is 0 Å². The first-order chi connectivity index (χ1) is 8.06. The van der Waals surface area contributed by atoms with Gasteiger partial charge in [0.15, 0.2) is 5.82 Å². The number of hydrogen-bond donors (Lipinski definition) is 1. The Labute approximate surface area is 105 Å². The molecule has 0 saturated heterocycles. The quantitative estimate of drug-likeness (QED) is 0.914. The van der Waals surface area contributed by atoms with Crippen molar-refractivity contribution in [3.8, 4) is 0 Å². The molecule has 0 atom stereocenters. The van der Waals surface area contributed by atoms with E-state index < -0.39 is 5.97 Å². The van der Waals surface area contributed by atoms with E-state index in [0.717, 1.165) is 9.48 Å². The molecule has 88 valence electrons. The van der Waals surface area contributed by atoms with Gasteiger partial charge in [0, 0.05) is 10.7 Å². The molecule has 2 rings (SSSR count). The molecule has 0 aliphatic carbocycles. The van der Waals surface area contributed by atoms with Crippen molar-refractivity contribution in [1.82, 2.24) is 4.98 Å². The predicted octanol–water partition coefficient (Wildman–Crippen LogP) is 1.41. The number of carbonyl (C=O) groups excluding carboxylic acids is 1. The Bertz CT molecular complexity index is 498. The second kappa shape index (κ2) is 4.62. The molecule has 1 aromatic heterocycles. The molecule has 17 heavy (non-hydrogen) atoms. The van der Waals surface area contributed by atoms with Gasteiger partial charge in [0.1, 0.15) is 0 Å². The maximum atomic E-state index is 11.6. The minimum atomic E-state index is -0.998. The molecule has 0 fully saturated rings. The Kier molecular flexibility index (Phi) is 3.19. The first-order valence-electron chi connectivity index (χ1n) is 4.79. The maximum absolute atomic E-state index is 11.6. The lowest BCUT2D eigenvalue weighted by Gasteiger charge is -2.09. The average molecular weight is 298 g/mol. The Morgan fingerprint density at radius 1 is 1.53 bits per heavy atom. The highest BCUT2D eigenvalue weighted by atomic mass is 79.9. The van der Waals surface area contributed by atoms with Crippen LogP contribution in [0.3, 0.4) is 0 Å². The largest absolute Gasteiger partial charge is 0.481 e. The second-order valence-corrected chi connectivity index (χ2v) is 4.37. The summed E-state index contributed by atoms with van der Waals surface area (Å²) >= 11 is 3.23. The van der Waals surface area contributed by atoms with Crippen LogP contribution in [0, 0.1) is 0 Å². The zero-order valence-electron chi connectivity index (χ0n) is 8.63. The van der Waals surface area contributed by atoms with Crippen molar-refractivity contribution in [3.05, 3.63) is 22.8 Å². The lowest BCUT2D eigenvalue weighted by molar-refractivity contribution is -0.135. The van der Waals surface area contributed by atoms with Crippen molar-refractivity contribution >= 4 is 39.3 Å². The third-order valence-corrected chi connectivity index (χ3v) is 2.59. The number of amides is 1. The van der Waals surface area contributed by atoms with Crippen LogP contribution in [-0.2, 0) is 9.59 Å². The SMILES string of the molecule is O=C(O)CC1=NN(c2ccc(Br)cn2)C(=O)C1. The summed E-state index contributed by atoms with van der Waals surface area (Å²) in [5, 5.41) is 13.7. The number of hydrogen-bond acceptors (Lipinski definition) is 4. The van der Waals surface area contributed by atoms with Gasteiger partial charge in [-0.05, 0) is 28.1 Å². The third kappa shape index (κ3) is 2.68. The molecule has 0 spiro atoms.